The van der Waals surface area contributed by atoms with Crippen molar-refractivity contribution in [3.63, 3.8) is 0 Å². The first-order valence-electron chi connectivity index (χ1n) is 6.88. The van der Waals surface area contributed by atoms with Gasteiger partial charge in [0, 0.05) is 10.1 Å². The number of aryl methyl sites for hydroxylation is 1. The molecule has 0 saturated heterocycles. The monoisotopic (exact) mass is 276 g/mol. The topological polar surface area (TPSA) is 35.8 Å². The lowest BCUT2D eigenvalue weighted by molar-refractivity contribution is 0.418. The third kappa shape index (κ3) is 5.67. The average molecular weight is 276 g/mol. The van der Waals surface area contributed by atoms with Crippen LogP contribution in [-0.2, 0) is 0 Å². The van der Waals surface area contributed by atoms with Crippen molar-refractivity contribution in [1.29, 1.82) is 5.26 Å². The van der Waals surface area contributed by atoms with Crippen LogP contribution in [0.15, 0.2) is 29.2 Å². The van der Waals surface area contributed by atoms with E-state index < -0.39 is 5.54 Å². The van der Waals surface area contributed by atoms with Crippen LogP contribution in [0.1, 0.15) is 39.2 Å². The number of rotatable bonds is 7. The minimum absolute atomic E-state index is 0.414. The van der Waals surface area contributed by atoms with Crippen LogP contribution in [0.5, 0.6) is 0 Å². The zero-order chi connectivity index (χ0) is 14.3. The summed E-state index contributed by atoms with van der Waals surface area (Å²) in [6.07, 6.45) is 1.90. The minimum atomic E-state index is -0.423. The lowest BCUT2D eigenvalue weighted by atomic mass is 9.98. The molecule has 104 valence electrons. The molecule has 0 radical (unpaired) electrons. The Hall–Kier alpha value is -0.980. The quantitative estimate of drug-likeness (QED) is 0.760. The normalized spacial score (nSPS) is 15.5. The van der Waals surface area contributed by atoms with Gasteiger partial charge in [-0.25, -0.2) is 0 Å². The van der Waals surface area contributed by atoms with Gasteiger partial charge in [-0.15, -0.1) is 11.8 Å². The Morgan fingerprint density at radius 3 is 2.53 bits per heavy atom. The summed E-state index contributed by atoms with van der Waals surface area (Å²) in [5, 5.41) is 13.1. The number of nitrogens with one attached hydrogen (secondary N) is 1. The second kappa shape index (κ2) is 7.57. The SMILES string of the molecule is CCCNC(C)(C#N)CC(C)Sc1ccc(C)cc1. The molecule has 0 fully saturated rings. The van der Waals surface area contributed by atoms with Gasteiger partial charge >= 0.3 is 0 Å². The molecule has 0 spiro atoms. The molecular weight excluding hydrogens is 252 g/mol. The van der Waals surface area contributed by atoms with E-state index in [1.165, 1.54) is 10.5 Å². The lowest BCUT2D eigenvalue weighted by Gasteiger charge is -2.26. The van der Waals surface area contributed by atoms with Crippen molar-refractivity contribution in [2.24, 2.45) is 0 Å². The number of benzene rings is 1. The summed E-state index contributed by atoms with van der Waals surface area (Å²) in [6, 6.07) is 11.0. The molecule has 0 aromatic heterocycles. The Balaban J connectivity index is 2.56. The van der Waals surface area contributed by atoms with Gasteiger partial charge in [0.2, 0.25) is 0 Å². The molecule has 0 aliphatic carbocycles. The van der Waals surface area contributed by atoms with Crippen LogP contribution in [0.25, 0.3) is 0 Å². The Bertz CT molecular complexity index is 421. The summed E-state index contributed by atoms with van der Waals surface area (Å²) >= 11 is 1.84. The van der Waals surface area contributed by atoms with E-state index in [1.54, 1.807) is 0 Å². The Morgan fingerprint density at radius 2 is 2.00 bits per heavy atom. The van der Waals surface area contributed by atoms with Crippen molar-refractivity contribution in [3.05, 3.63) is 29.8 Å². The zero-order valence-corrected chi connectivity index (χ0v) is 13.2. The predicted octanol–water partition coefficient (Wildman–Crippen LogP) is 4.15. The molecule has 0 heterocycles. The Kier molecular flexibility index (Phi) is 6.41. The molecule has 0 amide bonds. The Morgan fingerprint density at radius 1 is 1.37 bits per heavy atom. The summed E-state index contributed by atoms with van der Waals surface area (Å²) in [5.74, 6) is 0. The lowest BCUT2D eigenvalue weighted by Crippen LogP contribution is -2.43. The van der Waals surface area contributed by atoms with Crippen molar-refractivity contribution in [2.75, 3.05) is 6.54 Å². The van der Waals surface area contributed by atoms with Crippen LogP contribution in [0.3, 0.4) is 0 Å². The maximum atomic E-state index is 9.34. The summed E-state index contributed by atoms with van der Waals surface area (Å²) in [4.78, 5) is 1.27. The van der Waals surface area contributed by atoms with Crippen molar-refractivity contribution in [2.45, 2.75) is 56.2 Å². The van der Waals surface area contributed by atoms with Crippen LogP contribution in [0.4, 0.5) is 0 Å². The van der Waals surface area contributed by atoms with Gasteiger partial charge in [-0.05, 0) is 45.4 Å². The molecule has 2 unspecified atom stereocenters. The van der Waals surface area contributed by atoms with Gasteiger partial charge in [-0.2, -0.15) is 5.26 Å². The smallest absolute Gasteiger partial charge is 0.104 e. The predicted molar refractivity (Wildman–Crippen MR) is 83.4 cm³/mol. The van der Waals surface area contributed by atoms with E-state index in [9.17, 15) is 5.26 Å². The zero-order valence-electron chi connectivity index (χ0n) is 12.4. The van der Waals surface area contributed by atoms with Crippen LogP contribution < -0.4 is 5.32 Å². The van der Waals surface area contributed by atoms with Crippen LogP contribution in [0, 0.1) is 18.3 Å². The van der Waals surface area contributed by atoms with E-state index in [2.05, 4.69) is 56.4 Å². The maximum Gasteiger partial charge on any atom is 0.104 e. The van der Waals surface area contributed by atoms with Gasteiger partial charge in [-0.3, -0.25) is 5.32 Å². The average Bonchev–Trinajstić information content (AvgIpc) is 2.39. The van der Waals surface area contributed by atoms with Crippen molar-refractivity contribution in [3.8, 4) is 6.07 Å². The number of nitriles is 1. The summed E-state index contributed by atoms with van der Waals surface area (Å²) < 4.78 is 0. The molecule has 0 aliphatic rings. The molecular formula is C16H24N2S. The van der Waals surface area contributed by atoms with Gasteiger partial charge in [0.05, 0.1) is 6.07 Å². The van der Waals surface area contributed by atoms with Crippen LogP contribution in [-0.4, -0.2) is 17.3 Å². The first kappa shape index (κ1) is 16.1. The summed E-state index contributed by atoms with van der Waals surface area (Å²) in [6.45, 7) is 9.29. The first-order chi connectivity index (χ1) is 8.99. The molecule has 0 aliphatic heterocycles. The van der Waals surface area contributed by atoms with Gasteiger partial charge in [0.1, 0.15) is 5.54 Å². The fraction of sp³-hybridized carbons (Fsp3) is 0.562. The highest BCUT2D eigenvalue weighted by Crippen LogP contribution is 2.28. The highest BCUT2D eigenvalue weighted by Gasteiger charge is 2.25. The van der Waals surface area contributed by atoms with Crippen LogP contribution in [0.2, 0.25) is 0 Å². The molecule has 1 aromatic carbocycles. The van der Waals surface area contributed by atoms with E-state index in [1.807, 2.05) is 18.7 Å². The molecule has 1 N–H and O–H groups in total. The number of hydrogen-bond acceptors (Lipinski definition) is 3. The highest BCUT2D eigenvalue weighted by molar-refractivity contribution is 7.99. The number of thioether (sulfide) groups is 1. The molecule has 0 saturated carbocycles. The third-order valence-electron chi connectivity index (χ3n) is 3.07. The van der Waals surface area contributed by atoms with Gasteiger partial charge < -0.3 is 0 Å². The van der Waals surface area contributed by atoms with E-state index in [0.29, 0.717) is 5.25 Å². The molecule has 2 atom stereocenters. The largest absolute Gasteiger partial charge is 0.300 e. The molecule has 0 bridgehead atoms. The number of hydrogen-bond donors (Lipinski definition) is 1. The molecule has 1 aromatic rings. The fourth-order valence-electron chi connectivity index (χ4n) is 2.02. The summed E-state index contributed by atoms with van der Waals surface area (Å²) in [5.41, 5.74) is 0.858. The van der Waals surface area contributed by atoms with E-state index >= 15 is 0 Å². The number of nitrogens with zero attached hydrogens (tertiary/aromatic N) is 1. The van der Waals surface area contributed by atoms with E-state index in [-0.39, 0.29) is 0 Å². The van der Waals surface area contributed by atoms with E-state index in [4.69, 9.17) is 0 Å². The van der Waals surface area contributed by atoms with Crippen molar-refractivity contribution >= 4 is 11.8 Å². The first-order valence-corrected chi connectivity index (χ1v) is 7.76. The molecule has 2 nitrogen and oxygen atoms in total. The highest BCUT2D eigenvalue weighted by atomic mass is 32.2. The molecule has 3 heteroatoms. The second-order valence-electron chi connectivity index (χ2n) is 5.32. The van der Waals surface area contributed by atoms with Gasteiger partial charge in [0.25, 0.3) is 0 Å². The molecule has 19 heavy (non-hydrogen) atoms. The minimum Gasteiger partial charge on any atom is -0.300 e. The van der Waals surface area contributed by atoms with Crippen LogP contribution >= 0.6 is 11.8 Å². The van der Waals surface area contributed by atoms with Crippen molar-refractivity contribution < 1.29 is 0 Å². The summed E-state index contributed by atoms with van der Waals surface area (Å²) in [7, 11) is 0. The third-order valence-corrected chi connectivity index (χ3v) is 4.18. The van der Waals surface area contributed by atoms with Gasteiger partial charge in [0.15, 0.2) is 0 Å². The fourth-order valence-corrected chi connectivity index (χ4v) is 3.20. The maximum absolute atomic E-state index is 9.34. The second-order valence-corrected chi connectivity index (χ2v) is 6.83. The van der Waals surface area contributed by atoms with Crippen molar-refractivity contribution in [1.82, 2.24) is 5.32 Å². The molecule has 1 rings (SSSR count). The Labute approximate surface area is 121 Å². The standard InChI is InChI=1S/C16H24N2S/c1-5-10-18-16(4,12-17)11-14(3)19-15-8-6-13(2)7-9-15/h6-9,14,18H,5,10-11H2,1-4H3. The van der Waals surface area contributed by atoms with Gasteiger partial charge in [-0.1, -0.05) is 31.5 Å². The van der Waals surface area contributed by atoms with E-state index in [0.717, 1.165) is 19.4 Å².